The van der Waals surface area contributed by atoms with Gasteiger partial charge in [-0.2, -0.15) is 0 Å². The summed E-state index contributed by atoms with van der Waals surface area (Å²) in [4.78, 5) is 27.3. The van der Waals surface area contributed by atoms with Crippen molar-refractivity contribution in [2.75, 3.05) is 13.2 Å². The van der Waals surface area contributed by atoms with Crippen LogP contribution in [0, 0.1) is 6.92 Å². The first-order chi connectivity index (χ1) is 14.9. The zero-order chi connectivity index (χ0) is 22.0. The van der Waals surface area contributed by atoms with Gasteiger partial charge in [0.1, 0.15) is 17.9 Å². The van der Waals surface area contributed by atoms with Crippen LogP contribution in [-0.4, -0.2) is 24.0 Å². The molecule has 1 aliphatic rings. The number of benzene rings is 2. The molecule has 1 aliphatic heterocycles. The smallest absolute Gasteiger partial charge is 0.339 e. The molecule has 1 amide bonds. The molecule has 5 heteroatoms. The lowest BCUT2D eigenvalue weighted by atomic mass is 9.98. The van der Waals surface area contributed by atoms with Gasteiger partial charge >= 0.3 is 5.63 Å². The number of ether oxygens (including phenoxy) is 1. The lowest BCUT2D eigenvalue weighted by Gasteiger charge is -2.29. The van der Waals surface area contributed by atoms with Crippen LogP contribution in [0.1, 0.15) is 35.6 Å². The highest BCUT2D eigenvalue weighted by Crippen LogP contribution is 2.25. The van der Waals surface area contributed by atoms with Crippen molar-refractivity contribution in [1.82, 2.24) is 4.90 Å². The van der Waals surface area contributed by atoms with Crippen molar-refractivity contribution in [1.29, 1.82) is 0 Å². The second-order valence-electron chi connectivity index (χ2n) is 8.23. The van der Waals surface area contributed by atoms with Gasteiger partial charge in [0.2, 0.25) is 5.91 Å². The van der Waals surface area contributed by atoms with Gasteiger partial charge in [0, 0.05) is 36.5 Å². The lowest BCUT2D eigenvalue weighted by molar-refractivity contribution is -0.132. The molecule has 0 bridgehead atoms. The molecule has 0 atom stereocenters. The van der Waals surface area contributed by atoms with Crippen molar-refractivity contribution in [2.24, 2.45) is 0 Å². The van der Waals surface area contributed by atoms with E-state index in [9.17, 15) is 9.59 Å². The highest BCUT2D eigenvalue weighted by Gasteiger charge is 2.21. The average molecular weight is 418 g/mol. The van der Waals surface area contributed by atoms with Gasteiger partial charge < -0.3 is 14.1 Å². The number of hydrogen-bond donors (Lipinski definition) is 0. The van der Waals surface area contributed by atoms with Crippen molar-refractivity contribution >= 4 is 16.9 Å². The SMILES string of the molecule is C=C(C)COc1ccc2c(C)c(CCC(=O)N3CCc4ccccc4C3)c(=O)oc2c1. The summed E-state index contributed by atoms with van der Waals surface area (Å²) in [5.41, 5.74) is 4.94. The third-order valence-corrected chi connectivity index (χ3v) is 5.82. The monoisotopic (exact) mass is 417 g/mol. The van der Waals surface area contributed by atoms with Crippen LogP contribution in [0.25, 0.3) is 11.0 Å². The van der Waals surface area contributed by atoms with E-state index in [1.807, 2.05) is 43.0 Å². The zero-order valence-corrected chi connectivity index (χ0v) is 18.1. The molecule has 0 unspecified atom stereocenters. The van der Waals surface area contributed by atoms with E-state index in [1.165, 1.54) is 11.1 Å². The van der Waals surface area contributed by atoms with Crippen LogP contribution in [0.5, 0.6) is 5.75 Å². The molecule has 2 aromatic carbocycles. The Hall–Kier alpha value is -3.34. The molecule has 0 saturated carbocycles. The van der Waals surface area contributed by atoms with Crippen LogP contribution < -0.4 is 10.4 Å². The molecule has 0 N–H and O–H groups in total. The Morgan fingerprint density at radius 1 is 1.19 bits per heavy atom. The molecule has 5 nitrogen and oxygen atoms in total. The summed E-state index contributed by atoms with van der Waals surface area (Å²) < 4.78 is 11.2. The Bertz CT molecular complexity index is 1210. The van der Waals surface area contributed by atoms with E-state index in [-0.39, 0.29) is 11.5 Å². The Labute approximate surface area is 181 Å². The van der Waals surface area contributed by atoms with Gasteiger partial charge in [-0.1, -0.05) is 30.8 Å². The fourth-order valence-corrected chi connectivity index (χ4v) is 4.06. The van der Waals surface area contributed by atoms with E-state index >= 15 is 0 Å². The molecule has 4 rings (SSSR count). The quantitative estimate of drug-likeness (QED) is 0.435. The van der Waals surface area contributed by atoms with Crippen LogP contribution in [0.3, 0.4) is 0 Å². The Balaban J connectivity index is 1.48. The number of fused-ring (bicyclic) bond motifs is 2. The number of carbonyl (C=O) groups excluding carboxylic acids is 1. The topological polar surface area (TPSA) is 59.8 Å². The first kappa shape index (κ1) is 20.9. The van der Waals surface area contributed by atoms with Crippen LogP contribution >= 0.6 is 0 Å². The largest absolute Gasteiger partial charge is 0.489 e. The van der Waals surface area contributed by atoms with Crippen LogP contribution in [0.2, 0.25) is 0 Å². The molecule has 3 aromatic rings. The molecule has 0 radical (unpaired) electrons. The minimum Gasteiger partial charge on any atom is -0.489 e. The van der Waals surface area contributed by atoms with E-state index < -0.39 is 0 Å². The molecule has 1 aromatic heterocycles. The molecule has 0 saturated heterocycles. The summed E-state index contributed by atoms with van der Waals surface area (Å²) in [6.45, 7) is 9.38. The predicted octanol–water partition coefficient (Wildman–Crippen LogP) is 4.57. The first-order valence-electron chi connectivity index (χ1n) is 10.6. The van der Waals surface area contributed by atoms with Crippen molar-refractivity contribution in [3.8, 4) is 5.75 Å². The maximum absolute atomic E-state index is 12.8. The first-order valence-corrected chi connectivity index (χ1v) is 10.6. The highest BCUT2D eigenvalue weighted by molar-refractivity contribution is 5.83. The predicted molar refractivity (Wildman–Crippen MR) is 121 cm³/mol. The van der Waals surface area contributed by atoms with Gasteiger partial charge in [-0.05, 0) is 61.1 Å². The summed E-state index contributed by atoms with van der Waals surface area (Å²) in [7, 11) is 0. The number of nitrogens with zero attached hydrogens (tertiary/aromatic N) is 1. The van der Waals surface area contributed by atoms with E-state index in [0.717, 1.165) is 22.9 Å². The minimum atomic E-state index is -0.390. The molecule has 31 heavy (non-hydrogen) atoms. The van der Waals surface area contributed by atoms with E-state index in [1.54, 1.807) is 6.07 Å². The van der Waals surface area contributed by atoms with Gasteiger partial charge in [-0.25, -0.2) is 4.79 Å². The molecule has 0 aliphatic carbocycles. The second-order valence-corrected chi connectivity index (χ2v) is 8.23. The second kappa shape index (κ2) is 8.80. The van der Waals surface area contributed by atoms with Crippen molar-refractivity contribution in [3.63, 3.8) is 0 Å². The number of hydrogen-bond acceptors (Lipinski definition) is 4. The van der Waals surface area contributed by atoms with Gasteiger partial charge in [0.25, 0.3) is 0 Å². The van der Waals surface area contributed by atoms with E-state index in [4.69, 9.17) is 9.15 Å². The molecule has 2 heterocycles. The fraction of sp³-hybridized carbons (Fsp3) is 0.308. The minimum absolute atomic E-state index is 0.0666. The Morgan fingerprint density at radius 3 is 2.74 bits per heavy atom. The van der Waals surface area contributed by atoms with Crippen molar-refractivity contribution in [3.05, 3.63) is 87.3 Å². The normalized spacial score (nSPS) is 13.2. The Kier molecular flexibility index (Phi) is 5.94. The maximum atomic E-state index is 12.8. The summed E-state index contributed by atoms with van der Waals surface area (Å²) in [5, 5.41) is 0.858. The van der Waals surface area contributed by atoms with Gasteiger partial charge in [-0.15, -0.1) is 0 Å². The molecule has 0 fully saturated rings. The zero-order valence-electron chi connectivity index (χ0n) is 18.1. The number of carbonyl (C=O) groups is 1. The van der Waals surface area contributed by atoms with Crippen LogP contribution in [0.15, 0.2) is 63.8 Å². The van der Waals surface area contributed by atoms with Crippen LogP contribution in [-0.2, 0) is 24.2 Å². The highest BCUT2D eigenvalue weighted by atomic mass is 16.5. The number of aryl methyl sites for hydroxylation is 1. The molecule has 160 valence electrons. The fourth-order valence-electron chi connectivity index (χ4n) is 4.06. The summed E-state index contributed by atoms with van der Waals surface area (Å²) in [5.74, 6) is 0.698. The molecular weight excluding hydrogens is 390 g/mol. The molecular formula is C26H27NO4. The Morgan fingerprint density at radius 2 is 1.97 bits per heavy atom. The molecule has 0 spiro atoms. The average Bonchev–Trinajstić information content (AvgIpc) is 2.76. The van der Waals surface area contributed by atoms with Crippen LogP contribution in [0.4, 0.5) is 0 Å². The maximum Gasteiger partial charge on any atom is 0.339 e. The summed E-state index contributed by atoms with van der Waals surface area (Å²) in [6.07, 6.45) is 1.53. The van der Waals surface area contributed by atoms with Crippen molar-refractivity contribution < 1.29 is 13.9 Å². The standard InChI is InChI=1S/C26H27NO4/c1-17(2)16-30-21-8-9-22-18(3)23(26(29)31-24(22)14-21)10-11-25(28)27-13-12-19-6-4-5-7-20(19)15-27/h4-9,14H,1,10-13,15-16H2,2-3H3. The third kappa shape index (κ3) is 4.55. The van der Waals surface area contributed by atoms with Crippen molar-refractivity contribution in [2.45, 2.75) is 39.7 Å². The van der Waals surface area contributed by atoms with E-state index in [0.29, 0.717) is 49.4 Å². The van der Waals surface area contributed by atoms with Gasteiger partial charge in [0.15, 0.2) is 0 Å². The van der Waals surface area contributed by atoms with Gasteiger partial charge in [0.05, 0.1) is 0 Å². The van der Waals surface area contributed by atoms with Gasteiger partial charge in [-0.3, -0.25) is 4.79 Å². The summed E-state index contributed by atoms with van der Waals surface area (Å²) in [6, 6.07) is 13.7. The van der Waals surface area contributed by atoms with E-state index in [2.05, 4.69) is 18.7 Å². The summed E-state index contributed by atoms with van der Waals surface area (Å²) >= 11 is 0. The third-order valence-electron chi connectivity index (χ3n) is 5.82. The number of amides is 1. The number of rotatable bonds is 6. The lowest BCUT2D eigenvalue weighted by Crippen LogP contribution is -2.36.